The fraction of sp³-hybridized carbons (Fsp3) is 0.250. The SMILES string of the molecule is COc1ccc(C(=O)N(Cc2c(=O)o[nH][n+]2-c2ccccc2)C2CC2)cc1. The average molecular weight is 366 g/mol. The third-order valence-corrected chi connectivity index (χ3v) is 4.66. The summed E-state index contributed by atoms with van der Waals surface area (Å²) in [5.41, 5.74) is 1.24. The second kappa shape index (κ2) is 7.11. The van der Waals surface area contributed by atoms with Crippen molar-refractivity contribution in [1.82, 2.24) is 10.2 Å². The third kappa shape index (κ3) is 3.48. The zero-order valence-corrected chi connectivity index (χ0v) is 14.9. The molecule has 1 fully saturated rings. The molecule has 1 aliphatic carbocycles. The van der Waals surface area contributed by atoms with Gasteiger partial charge in [0.2, 0.25) is 5.69 Å². The van der Waals surface area contributed by atoms with Crippen molar-refractivity contribution in [2.75, 3.05) is 7.11 Å². The third-order valence-electron chi connectivity index (χ3n) is 4.66. The van der Waals surface area contributed by atoms with Crippen LogP contribution >= 0.6 is 0 Å². The Morgan fingerprint density at radius 3 is 2.52 bits per heavy atom. The molecule has 4 rings (SSSR count). The van der Waals surface area contributed by atoms with Gasteiger partial charge in [0, 0.05) is 23.7 Å². The first-order chi connectivity index (χ1) is 13.2. The Labute approximate surface area is 155 Å². The highest BCUT2D eigenvalue weighted by Gasteiger charge is 2.37. The largest absolute Gasteiger partial charge is 0.497 e. The molecule has 0 radical (unpaired) electrons. The lowest BCUT2D eigenvalue weighted by Gasteiger charge is -2.20. The maximum absolute atomic E-state index is 13.0. The summed E-state index contributed by atoms with van der Waals surface area (Å²) in [6, 6.07) is 16.5. The lowest BCUT2D eigenvalue weighted by molar-refractivity contribution is -0.678. The van der Waals surface area contributed by atoms with Crippen LogP contribution in [0.15, 0.2) is 63.9 Å². The number of rotatable bonds is 6. The predicted octanol–water partition coefficient (Wildman–Crippen LogP) is 2.06. The van der Waals surface area contributed by atoms with Gasteiger partial charge in [-0.05, 0) is 47.1 Å². The van der Waals surface area contributed by atoms with Gasteiger partial charge in [0.1, 0.15) is 12.3 Å². The van der Waals surface area contributed by atoms with Gasteiger partial charge in [-0.2, -0.15) is 0 Å². The van der Waals surface area contributed by atoms with E-state index in [1.807, 2.05) is 30.3 Å². The fourth-order valence-electron chi connectivity index (χ4n) is 3.03. The molecule has 7 nitrogen and oxygen atoms in total. The van der Waals surface area contributed by atoms with Crippen molar-refractivity contribution < 1.29 is 18.7 Å². The van der Waals surface area contributed by atoms with Crippen LogP contribution in [-0.4, -0.2) is 29.2 Å². The molecule has 0 atom stereocenters. The van der Waals surface area contributed by atoms with Crippen LogP contribution in [0, 0.1) is 0 Å². The summed E-state index contributed by atoms with van der Waals surface area (Å²) in [6.45, 7) is 0.177. The van der Waals surface area contributed by atoms with Crippen molar-refractivity contribution in [1.29, 1.82) is 0 Å². The number of hydrogen-bond acceptors (Lipinski definition) is 4. The number of ether oxygens (including phenoxy) is 1. The van der Waals surface area contributed by atoms with E-state index in [1.54, 1.807) is 41.0 Å². The topological polar surface area (TPSA) is 79.4 Å². The average Bonchev–Trinajstić information content (AvgIpc) is 3.49. The summed E-state index contributed by atoms with van der Waals surface area (Å²) in [6.07, 6.45) is 1.87. The highest BCUT2D eigenvalue weighted by atomic mass is 16.5. The Bertz CT molecular complexity index is 988. The van der Waals surface area contributed by atoms with E-state index in [1.165, 1.54) is 0 Å². The van der Waals surface area contributed by atoms with Crippen LogP contribution in [0.4, 0.5) is 0 Å². The van der Waals surface area contributed by atoms with E-state index in [0.717, 1.165) is 18.5 Å². The number of hydrogen-bond donors (Lipinski definition) is 1. The van der Waals surface area contributed by atoms with E-state index >= 15 is 0 Å². The van der Waals surface area contributed by atoms with E-state index in [2.05, 4.69) is 5.27 Å². The van der Waals surface area contributed by atoms with Crippen LogP contribution in [0.3, 0.4) is 0 Å². The molecule has 0 aliphatic heterocycles. The molecule has 0 bridgehead atoms. The van der Waals surface area contributed by atoms with Crippen molar-refractivity contribution in [3.05, 3.63) is 76.3 Å². The quantitative estimate of drug-likeness (QED) is 0.677. The zero-order valence-electron chi connectivity index (χ0n) is 14.9. The van der Waals surface area contributed by atoms with Crippen molar-refractivity contribution in [2.24, 2.45) is 0 Å². The number of carbonyl (C=O) groups excluding carboxylic acids is 1. The predicted molar refractivity (Wildman–Crippen MR) is 96.8 cm³/mol. The van der Waals surface area contributed by atoms with Gasteiger partial charge >= 0.3 is 11.3 Å². The van der Waals surface area contributed by atoms with Crippen LogP contribution in [0.5, 0.6) is 5.75 Å². The van der Waals surface area contributed by atoms with Gasteiger partial charge in [0.15, 0.2) is 0 Å². The monoisotopic (exact) mass is 366 g/mol. The van der Waals surface area contributed by atoms with Gasteiger partial charge < -0.3 is 9.64 Å². The van der Waals surface area contributed by atoms with Crippen molar-refractivity contribution in [3.63, 3.8) is 0 Å². The van der Waals surface area contributed by atoms with Crippen molar-refractivity contribution in [3.8, 4) is 11.4 Å². The molecule has 1 aliphatic rings. The Kier molecular flexibility index (Phi) is 4.50. The molecule has 27 heavy (non-hydrogen) atoms. The maximum atomic E-state index is 13.0. The lowest BCUT2D eigenvalue weighted by atomic mass is 10.2. The maximum Gasteiger partial charge on any atom is 0.432 e. The van der Waals surface area contributed by atoms with Crippen LogP contribution < -0.4 is 15.0 Å². The van der Waals surface area contributed by atoms with Gasteiger partial charge in [0.05, 0.1) is 7.11 Å². The highest BCUT2D eigenvalue weighted by Crippen LogP contribution is 2.29. The minimum Gasteiger partial charge on any atom is -0.497 e. The summed E-state index contributed by atoms with van der Waals surface area (Å²) >= 11 is 0. The molecule has 0 unspecified atom stereocenters. The first kappa shape index (κ1) is 17.1. The molecule has 1 amide bonds. The Morgan fingerprint density at radius 1 is 1.19 bits per heavy atom. The zero-order chi connectivity index (χ0) is 18.8. The normalized spacial score (nSPS) is 13.4. The number of benzene rings is 2. The fourth-order valence-corrected chi connectivity index (χ4v) is 3.03. The molecule has 2 aromatic carbocycles. The van der Waals surface area contributed by atoms with Gasteiger partial charge in [-0.3, -0.25) is 9.32 Å². The van der Waals surface area contributed by atoms with E-state index < -0.39 is 5.63 Å². The molecular formula is C20H20N3O4+. The number of carbonyl (C=O) groups is 1. The lowest BCUT2D eigenvalue weighted by Crippen LogP contribution is -2.43. The Balaban J connectivity index is 1.64. The van der Waals surface area contributed by atoms with Gasteiger partial charge in [-0.15, -0.1) is 0 Å². The number of aromatic nitrogens is 2. The minimum absolute atomic E-state index is 0.111. The summed E-state index contributed by atoms with van der Waals surface area (Å²) in [7, 11) is 1.58. The highest BCUT2D eigenvalue weighted by molar-refractivity contribution is 5.94. The minimum atomic E-state index is -0.480. The summed E-state index contributed by atoms with van der Waals surface area (Å²) in [5, 5.41) is 2.62. The van der Waals surface area contributed by atoms with E-state index in [0.29, 0.717) is 17.0 Å². The second-order valence-corrected chi connectivity index (χ2v) is 6.49. The van der Waals surface area contributed by atoms with Crippen LogP contribution in [-0.2, 0) is 6.54 Å². The molecule has 7 heteroatoms. The summed E-state index contributed by atoms with van der Waals surface area (Å²) in [4.78, 5) is 27.0. The number of para-hydroxylation sites is 1. The number of nitrogens with one attached hydrogen (secondary N) is 1. The standard InChI is InChI=1S/C20H19N3O4/c1-26-17-11-7-14(8-12-17)19(24)22(15-9-10-15)13-18-20(25)27-21-23(18)16-5-3-2-4-6-16/h2-8,11-12,15H,9-10,13H2,1H3/p+1. The number of amides is 1. The Hall–Kier alpha value is -3.35. The molecule has 1 heterocycles. The molecule has 3 aromatic rings. The molecule has 1 saturated carbocycles. The smallest absolute Gasteiger partial charge is 0.432 e. The van der Waals surface area contributed by atoms with E-state index in [-0.39, 0.29) is 18.5 Å². The first-order valence-electron chi connectivity index (χ1n) is 8.80. The molecule has 0 saturated heterocycles. The molecule has 1 aromatic heterocycles. The Morgan fingerprint density at radius 2 is 1.89 bits per heavy atom. The molecular weight excluding hydrogens is 346 g/mol. The van der Waals surface area contributed by atoms with Crippen molar-refractivity contribution >= 4 is 5.91 Å². The molecule has 1 N–H and O–H groups in total. The molecule has 138 valence electrons. The van der Waals surface area contributed by atoms with E-state index in [9.17, 15) is 9.59 Å². The number of aromatic amines is 1. The number of methoxy groups -OCH3 is 1. The van der Waals surface area contributed by atoms with E-state index in [4.69, 9.17) is 9.26 Å². The van der Waals surface area contributed by atoms with Gasteiger partial charge in [-0.1, -0.05) is 18.2 Å². The van der Waals surface area contributed by atoms with Crippen molar-refractivity contribution in [2.45, 2.75) is 25.4 Å². The van der Waals surface area contributed by atoms with Gasteiger partial charge in [-0.25, -0.2) is 4.79 Å². The van der Waals surface area contributed by atoms with Crippen LogP contribution in [0.25, 0.3) is 5.69 Å². The van der Waals surface area contributed by atoms with Gasteiger partial charge in [0.25, 0.3) is 5.91 Å². The summed E-state index contributed by atoms with van der Waals surface area (Å²) < 4.78 is 11.7. The van der Waals surface area contributed by atoms with Crippen LogP contribution in [0.2, 0.25) is 0 Å². The number of H-pyrrole nitrogens is 1. The second-order valence-electron chi connectivity index (χ2n) is 6.49. The number of nitrogens with zero attached hydrogens (tertiary/aromatic N) is 2. The first-order valence-corrected chi connectivity index (χ1v) is 8.80. The van der Waals surface area contributed by atoms with Crippen LogP contribution in [0.1, 0.15) is 28.9 Å². The summed E-state index contributed by atoms with van der Waals surface area (Å²) in [5.74, 6) is 0.582. The molecule has 0 spiro atoms.